The van der Waals surface area contributed by atoms with Crippen LogP contribution in [0.15, 0.2) is 0 Å². The fraction of sp³-hybridized carbons (Fsp3) is 1.00. The molecule has 0 spiro atoms. The molecule has 0 amide bonds. The summed E-state index contributed by atoms with van der Waals surface area (Å²) in [5.74, 6) is 0.822. The van der Waals surface area contributed by atoms with Crippen molar-refractivity contribution in [2.75, 3.05) is 0 Å². The Labute approximate surface area is 89.9 Å². The summed E-state index contributed by atoms with van der Waals surface area (Å²) in [6, 6.07) is 0. The van der Waals surface area contributed by atoms with Gasteiger partial charge in [0.2, 0.25) is 0 Å². The summed E-state index contributed by atoms with van der Waals surface area (Å²) in [4.78, 5) is 0. The average molecular weight is 200 g/mol. The zero-order valence-corrected chi connectivity index (χ0v) is 10.6. The van der Waals surface area contributed by atoms with Gasteiger partial charge in [-0.25, -0.2) is 0 Å². The van der Waals surface area contributed by atoms with Crippen molar-refractivity contribution in [3.63, 3.8) is 0 Å². The lowest BCUT2D eigenvalue weighted by molar-refractivity contribution is 0.0533. The highest BCUT2D eigenvalue weighted by atomic mass is 16.3. The Hall–Kier alpha value is -0.0400. The summed E-state index contributed by atoms with van der Waals surface area (Å²) in [6.07, 6.45) is 5.90. The van der Waals surface area contributed by atoms with Crippen LogP contribution in [0.5, 0.6) is 0 Å². The van der Waals surface area contributed by atoms with E-state index in [1.807, 2.05) is 0 Å². The van der Waals surface area contributed by atoms with Gasteiger partial charge in [0.05, 0.1) is 6.10 Å². The van der Waals surface area contributed by atoms with Crippen molar-refractivity contribution in [1.82, 2.24) is 0 Å². The van der Waals surface area contributed by atoms with Crippen molar-refractivity contribution < 1.29 is 5.11 Å². The molecule has 0 aliphatic heterocycles. The minimum absolute atomic E-state index is 0.0536. The van der Waals surface area contributed by atoms with E-state index in [0.717, 1.165) is 12.3 Å². The van der Waals surface area contributed by atoms with Crippen molar-refractivity contribution >= 4 is 0 Å². The van der Waals surface area contributed by atoms with Gasteiger partial charge < -0.3 is 5.11 Å². The maximum atomic E-state index is 9.79. The first-order valence-corrected chi connectivity index (χ1v) is 6.02. The van der Waals surface area contributed by atoms with Crippen molar-refractivity contribution in [2.24, 2.45) is 11.3 Å². The second kappa shape index (κ2) is 6.44. The fourth-order valence-electron chi connectivity index (χ4n) is 1.50. The molecule has 86 valence electrons. The third kappa shape index (κ3) is 7.37. The summed E-state index contributed by atoms with van der Waals surface area (Å²) < 4.78 is 0. The summed E-state index contributed by atoms with van der Waals surface area (Å²) >= 11 is 0. The molecule has 0 aromatic heterocycles. The van der Waals surface area contributed by atoms with Crippen molar-refractivity contribution in [1.29, 1.82) is 0 Å². The van der Waals surface area contributed by atoms with E-state index >= 15 is 0 Å². The van der Waals surface area contributed by atoms with E-state index in [2.05, 4.69) is 34.6 Å². The van der Waals surface area contributed by atoms with Crippen LogP contribution < -0.4 is 0 Å². The lowest BCUT2D eigenvalue weighted by atomic mass is 9.86. The lowest BCUT2D eigenvalue weighted by Gasteiger charge is -2.25. The molecule has 0 fully saturated rings. The molecule has 1 nitrogen and oxygen atoms in total. The Bertz CT molecular complexity index is 133. The Morgan fingerprint density at radius 3 is 1.86 bits per heavy atom. The van der Waals surface area contributed by atoms with Gasteiger partial charge in [0, 0.05) is 0 Å². The molecule has 14 heavy (non-hydrogen) atoms. The van der Waals surface area contributed by atoms with Crippen LogP contribution in [-0.4, -0.2) is 11.2 Å². The van der Waals surface area contributed by atoms with Crippen LogP contribution in [0, 0.1) is 11.3 Å². The van der Waals surface area contributed by atoms with E-state index in [0.29, 0.717) is 0 Å². The molecule has 1 heteroatoms. The molecule has 0 bridgehead atoms. The molecule has 1 atom stereocenters. The Morgan fingerprint density at radius 1 is 0.929 bits per heavy atom. The number of aliphatic hydroxyl groups excluding tert-OH is 1. The van der Waals surface area contributed by atoms with E-state index in [-0.39, 0.29) is 11.5 Å². The highest BCUT2D eigenvalue weighted by Crippen LogP contribution is 2.23. The molecule has 0 heterocycles. The first-order valence-electron chi connectivity index (χ1n) is 6.02. The second-order valence-corrected chi connectivity index (χ2v) is 5.91. The predicted octanol–water partition coefficient (Wildman–Crippen LogP) is 4.00. The maximum Gasteiger partial charge on any atom is 0.0588 e. The zero-order chi connectivity index (χ0) is 11.2. The molecule has 0 aliphatic carbocycles. The van der Waals surface area contributed by atoms with E-state index in [1.165, 1.54) is 25.7 Å². The molecule has 0 aromatic carbocycles. The fourth-order valence-corrected chi connectivity index (χ4v) is 1.50. The molecule has 0 rings (SSSR count). The van der Waals surface area contributed by atoms with Crippen LogP contribution in [0.25, 0.3) is 0 Å². The summed E-state index contributed by atoms with van der Waals surface area (Å²) in [6.45, 7) is 10.8. The van der Waals surface area contributed by atoms with Crippen LogP contribution in [0.1, 0.15) is 66.7 Å². The van der Waals surface area contributed by atoms with Gasteiger partial charge in [-0.2, -0.15) is 0 Å². The van der Waals surface area contributed by atoms with Gasteiger partial charge in [-0.05, 0) is 17.8 Å². The van der Waals surface area contributed by atoms with Gasteiger partial charge in [-0.1, -0.05) is 60.3 Å². The molecule has 0 saturated carbocycles. The van der Waals surface area contributed by atoms with Crippen LogP contribution in [0.3, 0.4) is 0 Å². The van der Waals surface area contributed by atoms with E-state index in [9.17, 15) is 5.11 Å². The summed E-state index contributed by atoms with van der Waals surface area (Å²) in [5.41, 5.74) is 0.0536. The molecule has 0 radical (unpaired) electrons. The van der Waals surface area contributed by atoms with Gasteiger partial charge in [0.25, 0.3) is 0 Å². The molecule has 1 unspecified atom stereocenters. The molecule has 0 aromatic rings. The number of unbranched alkanes of at least 4 members (excludes halogenated alkanes) is 2. The van der Waals surface area contributed by atoms with Crippen LogP contribution >= 0.6 is 0 Å². The standard InChI is InChI=1S/C13H28O/c1-11(2)9-7-6-8-10-12(14)13(3,4)5/h11-12,14H,6-10H2,1-5H3. The van der Waals surface area contributed by atoms with Crippen molar-refractivity contribution in [3.8, 4) is 0 Å². The number of aliphatic hydroxyl groups is 1. The topological polar surface area (TPSA) is 20.2 Å². The van der Waals surface area contributed by atoms with Crippen molar-refractivity contribution in [2.45, 2.75) is 72.8 Å². The smallest absolute Gasteiger partial charge is 0.0588 e. The van der Waals surface area contributed by atoms with Crippen LogP contribution in [-0.2, 0) is 0 Å². The molecule has 0 aliphatic rings. The third-order valence-corrected chi connectivity index (χ3v) is 2.76. The summed E-state index contributed by atoms with van der Waals surface area (Å²) in [7, 11) is 0. The minimum atomic E-state index is -0.137. The van der Waals surface area contributed by atoms with Gasteiger partial charge in [-0.3, -0.25) is 0 Å². The lowest BCUT2D eigenvalue weighted by Crippen LogP contribution is -2.25. The highest BCUT2D eigenvalue weighted by molar-refractivity contribution is 4.72. The monoisotopic (exact) mass is 200 g/mol. The van der Waals surface area contributed by atoms with Gasteiger partial charge in [-0.15, -0.1) is 0 Å². The first-order chi connectivity index (χ1) is 6.34. The normalized spacial score (nSPS) is 14.8. The summed E-state index contributed by atoms with van der Waals surface area (Å²) in [5, 5.41) is 9.79. The number of hydrogen-bond acceptors (Lipinski definition) is 1. The Balaban J connectivity index is 3.37. The molecule has 1 N–H and O–H groups in total. The Kier molecular flexibility index (Phi) is 6.43. The third-order valence-electron chi connectivity index (χ3n) is 2.76. The van der Waals surface area contributed by atoms with Gasteiger partial charge in [0.15, 0.2) is 0 Å². The average Bonchev–Trinajstić information content (AvgIpc) is 2.01. The Morgan fingerprint density at radius 2 is 1.43 bits per heavy atom. The van der Waals surface area contributed by atoms with Gasteiger partial charge >= 0.3 is 0 Å². The maximum absolute atomic E-state index is 9.79. The predicted molar refractivity (Wildman–Crippen MR) is 63.4 cm³/mol. The van der Waals surface area contributed by atoms with Crippen LogP contribution in [0.4, 0.5) is 0 Å². The molecular weight excluding hydrogens is 172 g/mol. The van der Waals surface area contributed by atoms with Crippen molar-refractivity contribution in [3.05, 3.63) is 0 Å². The van der Waals surface area contributed by atoms with Crippen LogP contribution in [0.2, 0.25) is 0 Å². The van der Waals surface area contributed by atoms with E-state index in [1.54, 1.807) is 0 Å². The first kappa shape index (κ1) is 14.0. The highest BCUT2D eigenvalue weighted by Gasteiger charge is 2.20. The van der Waals surface area contributed by atoms with E-state index in [4.69, 9.17) is 0 Å². The second-order valence-electron chi connectivity index (χ2n) is 5.91. The molecular formula is C13H28O. The SMILES string of the molecule is CC(C)CCCCCC(O)C(C)(C)C. The van der Waals surface area contributed by atoms with E-state index < -0.39 is 0 Å². The minimum Gasteiger partial charge on any atom is -0.393 e. The molecule has 0 saturated heterocycles. The number of hydrogen-bond donors (Lipinski definition) is 1. The quantitative estimate of drug-likeness (QED) is 0.643. The zero-order valence-electron chi connectivity index (χ0n) is 10.6. The largest absolute Gasteiger partial charge is 0.393 e. The number of rotatable bonds is 6. The van der Waals surface area contributed by atoms with Gasteiger partial charge in [0.1, 0.15) is 0 Å².